The standard InChI is InChI=1S/C15H19NO5/c1-20-14-6-3-10(7-15(14)21-2)13(19)8-11(17)4-5-12(18)9-16/h3,6-7H,4-5,8-9,16H2,1-2H3. The molecule has 0 unspecified atom stereocenters. The van der Waals surface area contributed by atoms with Gasteiger partial charge in [0.15, 0.2) is 17.3 Å². The Bertz CT molecular complexity index is 539. The number of ketones is 3. The van der Waals surface area contributed by atoms with E-state index in [-0.39, 0.29) is 43.2 Å². The summed E-state index contributed by atoms with van der Waals surface area (Å²) >= 11 is 0. The first-order valence-corrected chi connectivity index (χ1v) is 6.50. The molecule has 0 aliphatic rings. The zero-order valence-corrected chi connectivity index (χ0v) is 12.2. The molecule has 0 radical (unpaired) electrons. The average Bonchev–Trinajstić information content (AvgIpc) is 2.51. The van der Waals surface area contributed by atoms with E-state index in [0.29, 0.717) is 17.1 Å². The molecule has 0 fully saturated rings. The van der Waals surface area contributed by atoms with Gasteiger partial charge in [-0.1, -0.05) is 0 Å². The highest BCUT2D eigenvalue weighted by molar-refractivity contribution is 6.08. The molecule has 2 N–H and O–H groups in total. The molecule has 1 aromatic rings. The molecule has 0 aromatic heterocycles. The highest BCUT2D eigenvalue weighted by Crippen LogP contribution is 2.28. The van der Waals surface area contributed by atoms with Crippen LogP contribution in [0.5, 0.6) is 11.5 Å². The van der Waals surface area contributed by atoms with Crippen molar-refractivity contribution >= 4 is 17.3 Å². The van der Waals surface area contributed by atoms with Crippen molar-refractivity contribution in [1.82, 2.24) is 0 Å². The van der Waals surface area contributed by atoms with Crippen molar-refractivity contribution in [1.29, 1.82) is 0 Å². The number of carbonyl (C=O) groups excluding carboxylic acids is 3. The maximum Gasteiger partial charge on any atom is 0.170 e. The maximum atomic E-state index is 12.0. The number of methoxy groups -OCH3 is 2. The van der Waals surface area contributed by atoms with Crippen LogP contribution < -0.4 is 15.2 Å². The normalized spacial score (nSPS) is 10.0. The fourth-order valence-corrected chi connectivity index (χ4v) is 1.76. The fourth-order valence-electron chi connectivity index (χ4n) is 1.76. The molecule has 0 heterocycles. The summed E-state index contributed by atoms with van der Waals surface area (Å²) in [5.74, 6) is 0.141. The van der Waals surface area contributed by atoms with Gasteiger partial charge in [0.25, 0.3) is 0 Å². The number of Topliss-reactive ketones (excluding diaryl/α,β-unsaturated/α-hetero) is 3. The van der Waals surface area contributed by atoms with Crippen LogP contribution in [0.1, 0.15) is 29.6 Å². The van der Waals surface area contributed by atoms with E-state index in [1.807, 2.05) is 0 Å². The summed E-state index contributed by atoms with van der Waals surface area (Å²) in [6.07, 6.45) is -0.128. The van der Waals surface area contributed by atoms with Crippen LogP contribution in [0.4, 0.5) is 0 Å². The lowest BCUT2D eigenvalue weighted by atomic mass is 10.0. The molecule has 0 aliphatic heterocycles. The van der Waals surface area contributed by atoms with E-state index in [9.17, 15) is 14.4 Å². The molecule has 0 aliphatic carbocycles. The van der Waals surface area contributed by atoms with E-state index in [0.717, 1.165) is 0 Å². The Morgan fingerprint density at radius 1 is 1.00 bits per heavy atom. The smallest absolute Gasteiger partial charge is 0.170 e. The topological polar surface area (TPSA) is 95.7 Å². The maximum absolute atomic E-state index is 12.0. The summed E-state index contributed by atoms with van der Waals surface area (Å²) in [5, 5.41) is 0. The molecule has 0 bridgehead atoms. The largest absolute Gasteiger partial charge is 0.493 e. The lowest BCUT2D eigenvalue weighted by molar-refractivity contribution is -0.123. The molecule has 0 saturated carbocycles. The molecule has 6 heteroatoms. The third-order valence-electron chi connectivity index (χ3n) is 2.97. The van der Waals surface area contributed by atoms with Gasteiger partial charge in [-0.3, -0.25) is 14.4 Å². The first-order chi connectivity index (χ1) is 10.0. The summed E-state index contributed by atoms with van der Waals surface area (Å²) in [6.45, 7) is -0.0864. The Kier molecular flexibility index (Phi) is 6.55. The lowest BCUT2D eigenvalue weighted by Crippen LogP contribution is -2.16. The van der Waals surface area contributed by atoms with Gasteiger partial charge >= 0.3 is 0 Å². The number of carbonyl (C=O) groups is 3. The molecule has 0 saturated heterocycles. The van der Waals surface area contributed by atoms with Crippen LogP contribution in [-0.4, -0.2) is 38.1 Å². The predicted molar refractivity (Wildman–Crippen MR) is 76.8 cm³/mol. The predicted octanol–water partition coefficient (Wildman–Crippen LogP) is 1.15. The average molecular weight is 293 g/mol. The Hall–Kier alpha value is -2.21. The van der Waals surface area contributed by atoms with Crippen LogP contribution in [0.3, 0.4) is 0 Å². The molecular formula is C15H19NO5. The molecule has 0 atom stereocenters. The minimum Gasteiger partial charge on any atom is -0.493 e. The third kappa shape index (κ3) is 5.00. The molecule has 0 amide bonds. The van der Waals surface area contributed by atoms with Crippen molar-refractivity contribution in [3.05, 3.63) is 23.8 Å². The summed E-state index contributed by atoms with van der Waals surface area (Å²) < 4.78 is 10.2. The molecule has 1 rings (SSSR count). The number of hydrogen-bond donors (Lipinski definition) is 1. The van der Waals surface area contributed by atoms with Crippen LogP contribution in [0.15, 0.2) is 18.2 Å². The van der Waals surface area contributed by atoms with Crippen molar-refractivity contribution in [3.8, 4) is 11.5 Å². The van der Waals surface area contributed by atoms with Crippen LogP contribution in [0.25, 0.3) is 0 Å². The van der Waals surface area contributed by atoms with Gasteiger partial charge < -0.3 is 15.2 Å². The van der Waals surface area contributed by atoms with Gasteiger partial charge in [-0.25, -0.2) is 0 Å². The number of hydrogen-bond acceptors (Lipinski definition) is 6. The Balaban J connectivity index is 2.67. The first kappa shape index (κ1) is 16.8. The molecule has 21 heavy (non-hydrogen) atoms. The summed E-state index contributed by atoms with van der Waals surface area (Å²) in [4.78, 5) is 34.7. The minimum absolute atomic E-state index is 0.0368. The van der Waals surface area contributed by atoms with Crippen LogP contribution in [0.2, 0.25) is 0 Å². The van der Waals surface area contributed by atoms with Gasteiger partial charge in [0.2, 0.25) is 0 Å². The first-order valence-electron chi connectivity index (χ1n) is 6.50. The molecule has 0 spiro atoms. The number of rotatable bonds is 9. The number of nitrogens with two attached hydrogens (primary N) is 1. The van der Waals surface area contributed by atoms with Crippen molar-refractivity contribution in [3.63, 3.8) is 0 Å². The van der Waals surface area contributed by atoms with Crippen molar-refractivity contribution in [2.45, 2.75) is 19.3 Å². The van der Waals surface area contributed by atoms with E-state index in [1.165, 1.54) is 20.3 Å². The number of ether oxygens (including phenoxy) is 2. The van der Waals surface area contributed by atoms with Crippen LogP contribution in [0, 0.1) is 0 Å². The van der Waals surface area contributed by atoms with Crippen molar-refractivity contribution in [2.24, 2.45) is 5.73 Å². The second kappa shape index (κ2) is 8.16. The van der Waals surface area contributed by atoms with Crippen molar-refractivity contribution in [2.75, 3.05) is 20.8 Å². The fraction of sp³-hybridized carbons (Fsp3) is 0.400. The van der Waals surface area contributed by atoms with Gasteiger partial charge in [0.05, 0.1) is 27.2 Å². The van der Waals surface area contributed by atoms with E-state index in [1.54, 1.807) is 12.1 Å². The zero-order valence-electron chi connectivity index (χ0n) is 12.2. The van der Waals surface area contributed by atoms with E-state index in [4.69, 9.17) is 15.2 Å². The summed E-state index contributed by atoms with van der Waals surface area (Å²) in [7, 11) is 2.97. The van der Waals surface area contributed by atoms with Gasteiger partial charge in [0.1, 0.15) is 11.6 Å². The van der Waals surface area contributed by atoms with E-state index < -0.39 is 0 Å². The zero-order chi connectivity index (χ0) is 15.8. The van der Waals surface area contributed by atoms with Crippen LogP contribution in [-0.2, 0) is 9.59 Å². The Morgan fingerprint density at radius 2 is 1.62 bits per heavy atom. The number of benzene rings is 1. The van der Waals surface area contributed by atoms with Gasteiger partial charge in [-0.2, -0.15) is 0 Å². The van der Waals surface area contributed by atoms with E-state index in [2.05, 4.69) is 0 Å². The SMILES string of the molecule is COc1ccc(C(=O)CC(=O)CCC(=O)CN)cc1OC. The lowest BCUT2D eigenvalue weighted by Gasteiger charge is -2.08. The van der Waals surface area contributed by atoms with Gasteiger partial charge in [-0.15, -0.1) is 0 Å². The second-order valence-electron chi connectivity index (χ2n) is 4.45. The highest BCUT2D eigenvalue weighted by Gasteiger charge is 2.15. The second-order valence-corrected chi connectivity index (χ2v) is 4.45. The monoisotopic (exact) mass is 293 g/mol. The molecule has 6 nitrogen and oxygen atoms in total. The summed E-state index contributed by atoms with van der Waals surface area (Å²) in [6, 6.07) is 4.70. The van der Waals surface area contributed by atoms with E-state index >= 15 is 0 Å². The van der Waals surface area contributed by atoms with Gasteiger partial charge in [-0.05, 0) is 18.2 Å². The quantitative estimate of drug-likeness (QED) is 0.542. The Labute approximate surface area is 123 Å². The molecule has 114 valence electrons. The molecule has 1 aromatic carbocycles. The summed E-state index contributed by atoms with van der Waals surface area (Å²) in [5.41, 5.74) is 5.52. The third-order valence-corrected chi connectivity index (χ3v) is 2.97. The van der Waals surface area contributed by atoms with Gasteiger partial charge in [0, 0.05) is 18.4 Å². The Morgan fingerprint density at radius 3 is 2.19 bits per heavy atom. The highest BCUT2D eigenvalue weighted by atomic mass is 16.5. The van der Waals surface area contributed by atoms with Crippen LogP contribution >= 0.6 is 0 Å². The van der Waals surface area contributed by atoms with Crippen molar-refractivity contribution < 1.29 is 23.9 Å². The minimum atomic E-state index is -0.318. The molecular weight excluding hydrogens is 274 g/mol.